The van der Waals surface area contributed by atoms with Gasteiger partial charge in [-0.25, -0.2) is 4.99 Å². The fourth-order valence-corrected chi connectivity index (χ4v) is 2.20. The Morgan fingerprint density at radius 1 is 1.08 bits per heavy atom. The molecule has 0 unspecified atom stereocenters. The van der Waals surface area contributed by atoms with Crippen molar-refractivity contribution in [3.05, 3.63) is 29.8 Å². The zero-order valence-corrected chi connectivity index (χ0v) is 16.9. The molecule has 6 nitrogen and oxygen atoms in total. The number of methoxy groups -OCH3 is 1. The lowest BCUT2D eigenvalue weighted by Gasteiger charge is -2.23. The Labute approximate surface area is 158 Å². The summed E-state index contributed by atoms with van der Waals surface area (Å²) in [6.45, 7) is 12.4. The molecule has 2 N–H and O–H groups in total. The maximum absolute atomic E-state index is 6.03. The molecule has 0 bridgehead atoms. The molecule has 0 amide bonds. The number of hydrogen-bond donors (Lipinski definition) is 2. The van der Waals surface area contributed by atoms with Crippen LogP contribution in [0.2, 0.25) is 0 Å². The quantitative estimate of drug-likeness (QED) is 0.359. The van der Waals surface area contributed by atoms with Crippen molar-refractivity contribution >= 4 is 5.96 Å². The summed E-state index contributed by atoms with van der Waals surface area (Å²) >= 11 is 0. The van der Waals surface area contributed by atoms with Crippen molar-refractivity contribution in [1.82, 2.24) is 10.6 Å². The van der Waals surface area contributed by atoms with E-state index in [0.717, 1.165) is 36.8 Å². The first kappa shape index (κ1) is 22.3. The zero-order valence-electron chi connectivity index (χ0n) is 16.9. The number of hydrogen-bond acceptors (Lipinski definition) is 4. The number of aliphatic imine (C=N–C) groups is 1. The van der Waals surface area contributed by atoms with Crippen molar-refractivity contribution in [1.29, 1.82) is 0 Å². The highest BCUT2D eigenvalue weighted by Crippen LogP contribution is 2.23. The third kappa shape index (κ3) is 10.3. The van der Waals surface area contributed by atoms with E-state index >= 15 is 0 Å². The summed E-state index contributed by atoms with van der Waals surface area (Å²) in [7, 11) is 1.68. The van der Waals surface area contributed by atoms with Crippen LogP contribution in [0.25, 0.3) is 0 Å². The number of benzene rings is 1. The molecule has 1 aromatic rings. The number of para-hydroxylation sites is 1. The Kier molecular flexibility index (Phi) is 10.7. The first-order valence-electron chi connectivity index (χ1n) is 9.32. The first-order chi connectivity index (χ1) is 12.5. The van der Waals surface area contributed by atoms with Crippen LogP contribution in [0.1, 0.15) is 39.7 Å². The van der Waals surface area contributed by atoms with Gasteiger partial charge in [0.1, 0.15) is 11.4 Å². The molecule has 0 aliphatic rings. The second kappa shape index (κ2) is 12.5. The van der Waals surface area contributed by atoms with Crippen LogP contribution < -0.4 is 15.4 Å². The highest BCUT2D eigenvalue weighted by molar-refractivity contribution is 5.79. The normalized spacial score (nSPS) is 12.1. The van der Waals surface area contributed by atoms with Gasteiger partial charge >= 0.3 is 0 Å². The van der Waals surface area contributed by atoms with Gasteiger partial charge in [-0.3, -0.25) is 0 Å². The van der Waals surface area contributed by atoms with E-state index in [1.807, 2.05) is 39.0 Å². The average molecular weight is 366 g/mol. The van der Waals surface area contributed by atoms with Gasteiger partial charge in [0, 0.05) is 32.4 Å². The van der Waals surface area contributed by atoms with E-state index in [1.165, 1.54) is 0 Å². The van der Waals surface area contributed by atoms with E-state index in [1.54, 1.807) is 7.11 Å². The Morgan fingerprint density at radius 3 is 2.54 bits per heavy atom. The molecule has 148 valence electrons. The molecule has 0 atom stereocenters. The SMILES string of the molecule is CCNC(=NCc1ccccc1OC(C)(C)C)NCCCOCCOC. The van der Waals surface area contributed by atoms with Crippen molar-refractivity contribution < 1.29 is 14.2 Å². The predicted molar refractivity (Wildman–Crippen MR) is 107 cm³/mol. The maximum atomic E-state index is 6.03. The fraction of sp³-hybridized carbons (Fsp3) is 0.650. The smallest absolute Gasteiger partial charge is 0.191 e. The number of ether oxygens (including phenoxy) is 3. The molecule has 26 heavy (non-hydrogen) atoms. The van der Waals surface area contributed by atoms with Crippen molar-refractivity contribution in [3.8, 4) is 5.75 Å². The van der Waals surface area contributed by atoms with E-state index in [4.69, 9.17) is 14.2 Å². The average Bonchev–Trinajstić information content (AvgIpc) is 2.58. The second-order valence-electron chi connectivity index (χ2n) is 6.90. The zero-order chi connectivity index (χ0) is 19.3. The van der Waals surface area contributed by atoms with Gasteiger partial charge in [0.25, 0.3) is 0 Å². The van der Waals surface area contributed by atoms with Crippen LogP contribution in [0.15, 0.2) is 29.3 Å². The molecule has 0 aliphatic carbocycles. The highest BCUT2D eigenvalue weighted by atomic mass is 16.5. The van der Waals surface area contributed by atoms with Crippen LogP contribution in [0.4, 0.5) is 0 Å². The van der Waals surface area contributed by atoms with Gasteiger partial charge in [-0.15, -0.1) is 0 Å². The topological polar surface area (TPSA) is 64.1 Å². The summed E-state index contributed by atoms with van der Waals surface area (Å²) in [5.41, 5.74) is 0.841. The summed E-state index contributed by atoms with van der Waals surface area (Å²) in [6, 6.07) is 8.05. The standard InChI is InChI=1S/C20H35N3O3/c1-6-21-19(22-12-9-13-25-15-14-24-5)23-16-17-10-7-8-11-18(17)26-20(2,3)4/h7-8,10-11H,6,9,12-16H2,1-5H3,(H2,21,22,23). The fourth-order valence-electron chi connectivity index (χ4n) is 2.20. The minimum Gasteiger partial charge on any atom is -0.488 e. The highest BCUT2D eigenvalue weighted by Gasteiger charge is 2.14. The summed E-state index contributed by atoms with van der Waals surface area (Å²) in [5.74, 6) is 1.68. The lowest BCUT2D eigenvalue weighted by atomic mass is 10.1. The third-order valence-electron chi connectivity index (χ3n) is 3.33. The van der Waals surface area contributed by atoms with Crippen LogP contribution in [-0.2, 0) is 16.0 Å². The van der Waals surface area contributed by atoms with Gasteiger partial charge in [-0.05, 0) is 40.2 Å². The van der Waals surface area contributed by atoms with Crippen LogP contribution in [0.3, 0.4) is 0 Å². The van der Waals surface area contributed by atoms with E-state index in [2.05, 4.69) is 28.6 Å². The molecule has 0 saturated carbocycles. The second-order valence-corrected chi connectivity index (χ2v) is 6.90. The molecule has 0 radical (unpaired) electrons. The van der Waals surface area contributed by atoms with Gasteiger partial charge in [0.15, 0.2) is 5.96 Å². The molecule has 1 aromatic carbocycles. The largest absolute Gasteiger partial charge is 0.488 e. The Hall–Kier alpha value is -1.79. The van der Waals surface area contributed by atoms with Crippen molar-refractivity contribution in [2.75, 3.05) is 40.0 Å². The summed E-state index contributed by atoms with van der Waals surface area (Å²) in [6.07, 6.45) is 0.915. The van der Waals surface area contributed by atoms with Gasteiger partial charge < -0.3 is 24.8 Å². The van der Waals surface area contributed by atoms with E-state index in [9.17, 15) is 0 Å². The van der Waals surface area contributed by atoms with Crippen molar-refractivity contribution in [2.45, 2.75) is 46.3 Å². The lowest BCUT2D eigenvalue weighted by molar-refractivity contribution is 0.0698. The van der Waals surface area contributed by atoms with E-state index in [0.29, 0.717) is 26.4 Å². The Morgan fingerprint density at radius 2 is 1.85 bits per heavy atom. The maximum Gasteiger partial charge on any atom is 0.191 e. The van der Waals surface area contributed by atoms with Crippen LogP contribution >= 0.6 is 0 Å². The number of nitrogens with one attached hydrogen (secondary N) is 2. The van der Waals surface area contributed by atoms with Crippen LogP contribution in [-0.4, -0.2) is 51.6 Å². The lowest BCUT2D eigenvalue weighted by Crippen LogP contribution is -2.38. The molecule has 1 rings (SSSR count). The Bertz CT molecular complexity index is 527. The predicted octanol–water partition coefficient (Wildman–Crippen LogP) is 2.97. The van der Waals surface area contributed by atoms with Crippen molar-refractivity contribution in [2.24, 2.45) is 4.99 Å². The van der Waals surface area contributed by atoms with Gasteiger partial charge in [0.2, 0.25) is 0 Å². The van der Waals surface area contributed by atoms with Gasteiger partial charge in [0.05, 0.1) is 19.8 Å². The monoisotopic (exact) mass is 365 g/mol. The summed E-state index contributed by atoms with van der Waals surface area (Å²) in [5, 5.41) is 6.61. The van der Waals surface area contributed by atoms with Gasteiger partial charge in [-0.2, -0.15) is 0 Å². The molecule has 0 aliphatic heterocycles. The van der Waals surface area contributed by atoms with E-state index in [-0.39, 0.29) is 5.60 Å². The molecule has 0 spiro atoms. The number of nitrogens with zero attached hydrogens (tertiary/aromatic N) is 1. The van der Waals surface area contributed by atoms with Crippen LogP contribution in [0, 0.1) is 0 Å². The molecule has 6 heteroatoms. The summed E-state index contributed by atoms with van der Waals surface area (Å²) < 4.78 is 16.5. The third-order valence-corrected chi connectivity index (χ3v) is 3.33. The van der Waals surface area contributed by atoms with Gasteiger partial charge in [-0.1, -0.05) is 18.2 Å². The minimum atomic E-state index is -0.231. The van der Waals surface area contributed by atoms with Crippen LogP contribution in [0.5, 0.6) is 5.75 Å². The minimum absolute atomic E-state index is 0.231. The Balaban J connectivity index is 2.53. The molecule has 0 fully saturated rings. The van der Waals surface area contributed by atoms with Crippen molar-refractivity contribution in [3.63, 3.8) is 0 Å². The number of guanidine groups is 1. The molecular weight excluding hydrogens is 330 g/mol. The number of rotatable bonds is 11. The molecule has 0 heterocycles. The molecule has 0 aromatic heterocycles. The molecular formula is C20H35N3O3. The molecule has 0 saturated heterocycles. The summed E-state index contributed by atoms with van der Waals surface area (Å²) in [4.78, 5) is 4.68. The van der Waals surface area contributed by atoms with E-state index < -0.39 is 0 Å². The first-order valence-corrected chi connectivity index (χ1v) is 9.32.